The standard InChI is InChI=1S/C67H50N6/c1-5-21-45(22-6-2)65-68-66(46-24-12-9-13-25-46)70-67(69-65)51-26-20-31-54(41-51)73-60-38-36-47(48-37-39-62-57(42-48)56-32-18-19-33-61(56)72(62)53-29-16-11-17-30-53)40-49(60)34-35-50-43-64-58(44-63(50)73)55(23-7-3)59(8-4)71(64)52-27-14-10-15-28-52/h5-44H,1,4H2,2-3H3/b22-6-,23-7-,45-21+. The third-order valence-electron chi connectivity index (χ3n) is 13.6. The van der Waals surface area contributed by atoms with E-state index in [1.54, 1.807) is 6.08 Å². The Labute approximate surface area is 425 Å². The number of hydrogen-bond acceptors (Lipinski definition) is 4. The maximum absolute atomic E-state index is 5.15. The van der Waals surface area contributed by atoms with E-state index in [0.29, 0.717) is 17.5 Å². The summed E-state index contributed by atoms with van der Waals surface area (Å²) in [5.74, 6) is 1.73. The number of rotatable bonds is 11. The molecule has 0 radical (unpaired) electrons. The smallest absolute Gasteiger partial charge is 0.164 e. The molecular formula is C67H50N6. The molecule has 0 aliphatic carbocycles. The molecule has 73 heavy (non-hydrogen) atoms. The Hall–Kier alpha value is -9.65. The van der Waals surface area contributed by atoms with Crippen molar-refractivity contribution < 1.29 is 0 Å². The summed E-state index contributed by atoms with van der Waals surface area (Å²) in [5.41, 5.74) is 17.9. The zero-order valence-electron chi connectivity index (χ0n) is 40.7. The Morgan fingerprint density at radius 2 is 1.10 bits per heavy atom. The van der Waals surface area contributed by atoms with Crippen molar-refractivity contribution >= 4 is 79.6 Å². The summed E-state index contributed by atoms with van der Waals surface area (Å²) >= 11 is 0. The van der Waals surface area contributed by atoms with Gasteiger partial charge in [0.05, 0.1) is 33.6 Å². The quantitative estimate of drug-likeness (QED) is 0.121. The maximum Gasteiger partial charge on any atom is 0.164 e. The first-order valence-corrected chi connectivity index (χ1v) is 24.7. The van der Waals surface area contributed by atoms with Crippen LogP contribution in [0, 0.1) is 0 Å². The minimum Gasteiger partial charge on any atom is -0.309 e. The van der Waals surface area contributed by atoms with Gasteiger partial charge in [-0.3, -0.25) is 0 Å². The van der Waals surface area contributed by atoms with E-state index in [4.69, 9.17) is 15.0 Å². The van der Waals surface area contributed by atoms with E-state index < -0.39 is 0 Å². The van der Waals surface area contributed by atoms with E-state index in [9.17, 15) is 0 Å². The number of fused-ring (bicyclic) bond motifs is 6. The molecule has 8 aromatic carbocycles. The Kier molecular flexibility index (Phi) is 11.6. The molecule has 1 aliphatic heterocycles. The van der Waals surface area contributed by atoms with E-state index in [2.05, 4.69) is 216 Å². The first-order chi connectivity index (χ1) is 36.0. The lowest BCUT2D eigenvalue weighted by molar-refractivity contribution is 1.04. The van der Waals surface area contributed by atoms with E-state index >= 15 is 0 Å². The van der Waals surface area contributed by atoms with Gasteiger partial charge in [-0.05, 0) is 115 Å². The third kappa shape index (κ3) is 7.92. The molecule has 0 atom stereocenters. The van der Waals surface area contributed by atoms with Crippen LogP contribution in [0.5, 0.6) is 0 Å². The SMILES string of the molecule is C=C/C=C(\C=C/C)c1nc(-c2ccccc2)nc(-c2cccc(N3c4ccc(-c5ccc6c(c5)c5ccccc5n6-c5ccccc5)cc4C=Cc4cc5c(cc43)c(/C=C\C)c(C=C)n5-c3ccccc3)c2)n1. The molecule has 4 heterocycles. The van der Waals surface area contributed by atoms with Crippen molar-refractivity contribution in [3.63, 3.8) is 0 Å². The fourth-order valence-electron chi connectivity index (χ4n) is 10.4. The van der Waals surface area contributed by atoms with Crippen molar-refractivity contribution in [2.24, 2.45) is 0 Å². The molecule has 0 bridgehead atoms. The summed E-state index contributed by atoms with van der Waals surface area (Å²) in [4.78, 5) is 17.7. The first-order valence-electron chi connectivity index (χ1n) is 24.7. The number of allylic oxidation sites excluding steroid dienone is 6. The number of benzene rings is 8. The second kappa shape index (κ2) is 18.9. The lowest BCUT2D eigenvalue weighted by Gasteiger charge is -2.28. The maximum atomic E-state index is 5.15. The summed E-state index contributed by atoms with van der Waals surface area (Å²) in [6, 6.07) is 66.9. The second-order valence-corrected chi connectivity index (χ2v) is 18.0. The molecule has 0 amide bonds. The highest BCUT2D eigenvalue weighted by molar-refractivity contribution is 6.11. The fourth-order valence-corrected chi connectivity index (χ4v) is 10.4. The van der Waals surface area contributed by atoms with Gasteiger partial charge in [-0.2, -0.15) is 0 Å². The van der Waals surface area contributed by atoms with Gasteiger partial charge in [0.2, 0.25) is 0 Å². The number of para-hydroxylation sites is 3. The normalized spacial score (nSPS) is 12.5. The average Bonchev–Trinajstić information content (AvgIpc) is 3.88. The molecule has 12 rings (SSSR count). The lowest BCUT2D eigenvalue weighted by atomic mass is 9.99. The van der Waals surface area contributed by atoms with Crippen LogP contribution >= 0.6 is 0 Å². The van der Waals surface area contributed by atoms with Crippen LogP contribution in [0.1, 0.15) is 42.1 Å². The number of anilines is 3. The molecule has 6 heteroatoms. The highest BCUT2D eigenvalue weighted by Crippen LogP contribution is 2.47. The Morgan fingerprint density at radius 1 is 0.466 bits per heavy atom. The third-order valence-corrected chi connectivity index (χ3v) is 13.6. The van der Waals surface area contributed by atoms with Crippen LogP contribution in [0.4, 0.5) is 17.1 Å². The van der Waals surface area contributed by atoms with Crippen molar-refractivity contribution in [3.05, 3.63) is 260 Å². The van der Waals surface area contributed by atoms with Crippen molar-refractivity contribution in [1.29, 1.82) is 0 Å². The topological polar surface area (TPSA) is 51.8 Å². The summed E-state index contributed by atoms with van der Waals surface area (Å²) in [7, 11) is 0. The number of hydrogen-bond donors (Lipinski definition) is 0. The van der Waals surface area contributed by atoms with Gasteiger partial charge in [0.25, 0.3) is 0 Å². The summed E-state index contributed by atoms with van der Waals surface area (Å²) < 4.78 is 4.69. The van der Waals surface area contributed by atoms with Gasteiger partial charge < -0.3 is 14.0 Å². The van der Waals surface area contributed by atoms with Gasteiger partial charge in [0, 0.05) is 61.0 Å². The summed E-state index contributed by atoms with van der Waals surface area (Å²) in [5, 5.41) is 3.55. The van der Waals surface area contributed by atoms with Crippen LogP contribution in [0.15, 0.2) is 232 Å². The second-order valence-electron chi connectivity index (χ2n) is 18.0. The van der Waals surface area contributed by atoms with Crippen LogP contribution in [0.25, 0.3) is 108 Å². The Morgan fingerprint density at radius 3 is 1.82 bits per heavy atom. The van der Waals surface area contributed by atoms with Gasteiger partial charge in [-0.1, -0.05) is 171 Å². The lowest BCUT2D eigenvalue weighted by Crippen LogP contribution is -2.12. The molecule has 348 valence electrons. The van der Waals surface area contributed by atoms with Crippen LogP contribution in [0.3, 0.4) is 0 Å². The van der Waals surface area contributed by atoms with E-state index in [1.807, 2.05) is 61.6 Å². The van der Waals surface area contributed by atoms with Gasteiger partial charge in [-0.25, -0.2) is 15.0 Å². The van der Waals surface area contributed by atoms with Crippen LogP contribution in [-0.2, 0) is 0 Å². The van der Waals surface area contributed by atoms with Gasteiger partial charge in [0.15, 0.2) is 17.5 Å². The van der Waals surface area contributed by atoms with Gasteiger partial charge in [-0.15, -0.1) is 0 Å². The molecule has 0 saturated carbocycles. The highest BCUT2D eigenvalue weighted by Gasteiger charge is 2.26. The molecule has 6 nitrogen and oxygen atoms in total. The molecule has 3 aromatic heterocycles. The molecule has 0 N–H and O–H groups in total. The summed E-state index contributed by atoms with van der Waals surface area (Å²) in [6.45, 7) is 12.4. The van der Waals surface area contributed by atoms with Gasteiger partial charge >= 0.3 is 0 Å². The number of nitrogens with zero attached hydrogens (tertiary/aromatic N) is 6. The molecule has 0 saturated heterocycles. The van der Waals surface area contributed by atoms with E-state index in [-0.39, 0.29) is 0 Å². The van der Waals surface area contributed by atoms with E-state index in [1.165, 1.54) is 21.8 Å². The summed E-state index contributed by atoms with van der Waals surface area (Å²) in [6.07, 6.45) is 18.5. The minimum atomic E-state index is 0.567. The van der Waals surface area contributed by atoms with E-state index in [0.717, 1.165) is 89.6 Å². The highest BCUT2D eigenvalue weighted by atomic mass is 15.2. The van der Waals surface area contributed by atoms with Crippen molar-refractivity contribution in [3.8, 4) is 45.3 Å². The molecule has 0 unspecified atom stereocenters. The Balaban J connectivity index is 1.07. The zero-order valence-corrected chi connectivity index (χ0v) is 40.7. The molecule has 0 spiro atoms. The fraction of sp³-hybridized carbons (Fsp3) is 0.0299. The predicted molar refractivity (Wildman–Crippen MR) is 309 cm³/mol. The number of aromatic nitrogens is 5. The van der Waals surface area contributed by atoms with Crippen LogP contribution < -0.4 is 4.90 Å². The van der Waals surface area contributed by atoms with Crippen molar-refractivity contribution in [2.75, 3.05) is 4.90 Å². The predicted octanol–water partition coefficient (Wildman–Crippen LogP) is 17.7. The van der Waals surface area contributed by atoms with Gasteiger partial charge in [0.1, 0.15) is 0 Å². The zero-order chi connectivity index (χ0) is 49.4. The largest absolute Gasteiger partial charge is 0.309 e. The minimum absolute atomic E-state index is 0.567. The average molecular weight is 939 g/mol. The van der Waals surface area contributed by atoms with Crippen molar-refractivity contribution in [2.45, 2.75) is 13.8 Å². The van der Waals surface area contributed by atoms with Crippen LogP contribution in [0.2, 0.25) is 0 Å². The first kappa shape index (κ1) is 44.6. The molecule has 0 fully saturated rings. The van der Waals surface area contributed by atoms with Crippen LogP contribution in [-0.4, -0.2) is 24.1 Å². The Bertz CT molecular complexity index is 4070. The molecule has 1 aliphatic rings. The molecule has 11 aromatic rings. The molecular weight excluding hydrogens is 889 g/mol. The van der Waals surface area contributed by atoms with Crippen molar-refractivity contribution in [1.82, 2.24) is 24.1 Å². The monoisotopic (exact) mass is 938 g/mol.